The first-order valence-corrected chi connectivity index (χ1v) is 11.4. The zero-order chi connectivity index (χ0) is 23.6. The standard InChI is InChI=1S/C24H21FN2O5S/c1-31-17-9-12-22(32-2)20(13-17)26-24(28)15-27-14-23(19-5-3-4-6-21(19)27)33(29,30)18-10-7-16(25)8-11-18/h3-14H,15H2,1-2H3,(H,26,28). The molecule has 0 aliphatic heterocycles. The predicted molar refractivity (Wildman–Crippen MR) is 122 cm³/mol. The van der Waals surface area contributed by atoms with Gasteiger partial charge in [-0.3, -0.25) is 4.79 Å². The van der Waals surface area contributed by atoms with Gasteiger partial charge in [0.1, 0.15) is 23.9 Å². The van der Waals surface area contributed by atoms with Crippen LogP contribution in [0.1, 0.15) is 0 Å². The number of rotatable bonds is 7. The molecule has 0 atom stereocenters. The molecule has 0 unspecified atom stereocenters. The van der Waals surface area contributed by atoms with Gasteiger partial charge in [0.2, 0.25) is 15.7 Å². The molecule has 7 nitrogen and oxygen atoms in total. The molecular formula is C24H21FN2O5S. The number of halogens is 1. The maximum absolute atomic E-state index is 13.3. The van der Waals surface area contributed by atoms with E-state index in [9.17, 15) is 17.6 Å². The maximum atomic E-state index is 13.3. The van der Waals surface area contributed by atoms with Crippen molar-refractivity contribution in [3.63, 3.8) is 0 Å². The fourth-order valence-corrected chi connectivity index (χ4v) is 5.03. The van der Waals surface area contributed by atoms with Crippen molar-refractivity contribution in [2.75, 3.05) is 19.5 Å². The van der Waals surface area contributed by atoms with Crippen LogP contribution in [0.4, 0.5) is 10.1 Å². The molecule has 0 saturated carbocycles. The van der Waals surface area contributed by atoms with Gasteiger partial charge in [-0.05, 0) is 42.5 Å². The summed E-state index contributed by atoms with van der Waals surface area (Å²) in [6, 6.07) is 16.5. The van der Waals surface area contributed by atoms with Crippen molar-refractivity contribution in [3.8, 4) is 11.5 Å². The van der Waals surface area contributed by atoms with E-state index in [-0.39, 0.29) is 22.2 Å². The predicted octanol–water partition coefficient (Wildman–Crippen LogP) is 4.27. The molecule has 1 heterocycles. The summed E-state index contributed by atoms with van der Waals surface area (Å²) in [5, 5.41) is 3.25. The summed E-state index contributed by atoms with van der Waals surface area (Å²) in [4.78, 5) is 12.8. The highest BCUT2D eigenvalue weighted by molar-refractivity contribution is 7.91. The second-order valence-corrected chi connectivity index (χ2v) is 9.13. The first-order valence-electron chi connectivity index (χ1n) is 9.94. The Kier molecular flexibility index (Phi) is 6.06. The van der Waals surface area contributed by atoms with Crippen LogP contribution in [0.25, 0.3) is 10.9 Å². The lowest BCUT2D eigenvalue weighted by Crippen LogP contribution is -2.18. The van der Waals surface area contributed by atoms with E-state index in [4.69, 9.17) is 9.47 Å². The molecule has 1 amide bonds. The Hall–Kier alpha value is -3.85. The highest BCUT2D eigenvalue weighted by Crippen LogP contribution is 2.31. The van der Waals surface area contributed by atoms with E-state index in [0.29, 0.717) is 28.1 Å². The van der Waals surface area contributed by atoms with Crippen LogP contribution in [0.5, 0.6) is 11.5 Å². The van der Waals surface area contributed by atoms with Crippen molar-refractivity contribution in [2.45, 2.75) is 16.3 Å². The summed E-state index contributed by atoms with van der Waals surface area (Å²) in [7, 11) is -0.926. The lowest BCUT2D eigenvalue weighted by Gasteiger charge is -2.12. The third-order valence-electron chi connectivity index (χ3n) is 5.16. The number of amides is 1. The quantitative estimate of drug-likeness (QED) is 0.410. The normalized spacial score (nSPS) is 11.4. The highest BCUT2D eigenvalue weighted by atomic mass is 32.2. The number of carbonyl (C=O) groups excluding carboxylic acids is 1. The topological polar surface area (TPSA) is 86.6 Å². The van der Waals surface area contributed by atoms with E-state index >= 15 is 0 Å². The maximum Gasteiger partial charge on any atom is 0.244 e. The molecule has 1 aromatic heterocycles. The second kappa shape index (κ2) is 8.95. The fourth-order valence-electron chi connectivity index (χ4n) is 3.55. The number of hydrogen-bond acceptors (Lipinski definition) is 5. The number of carbonyl (C=O) groups is 1. The Morgan fingerprint density at radius 2 is 1.73 bits per heavy atom. The van der Waals surface area contributed by atoms with Gasteiger partial charge >= 0.3 is 0 Å². The van der Waals surface area contributed by atoms with Crippen LogP contribution in [0, 0.1) is 5.82 Å². The van der Waals surface area contributed by atoms with Crippen molar-refractivity contribution < 1.29 is 27.1 Å². The van der Waals surface area contributed by atoms with Crippen molar-refractivity contribution >= 4 is 32.3 Å². The van der Waals surface area contributed by atoms with Crippen LogP contribution in [0.3, 0.4) is 0 Å². The van der Waals surface area contributed by atoms with Gasteiger partial charge in [0.15, 0.2) is 0 Å². The molecule has 0 fully saturated rings. The first kappa shape index (κ1) is 22.3. The third kappa shape index (κ3) is 4.40. The molecule has 9 heteroatoms. The van der Waals surface area contributed by atoms with Gasteiger partial charge in [0, 0.05) is 23.2 Å². The van der Waals surface area contributed by atoms with Crippen LogP contribution in [0.2, 0.25) is 0 Å². The number of benzene rings is 3. The van der Waals surface area contributed by atoms with Gasteiger partial charge in [-0.2, -0.15) is 0 Å². The van der Waals surface area contributed by atoms with Crippen molar-refractivity contribution in [1.82, 2.24) is 4.57 Å². The molecule has 0 saturated heterocycles. The van der Waals surface area contributed by atoms with E-state index < -0.39 is 15.7 Å². The number of sulfone groups is 1. The third-order valence-corrected chi connectivity index (χ3v) is 6.96. The number of para-hydroxylation sites is 1. The molecule has 0 bridgehead atoms. The van der Waals surface area contributed by atoms with E-state index in [1.54, 1.807) is 47.0 Å². The molecule has 0 spiro atoms. The van der Waals surface area contributed by atoms with Crippen molar-refractivity contribution in [3.05, 3.63) is 78.7 Å². The van der Waals surface area contributed by atoms with Crippen molar-refractivity contribution in [2.24, 2.45) is 0 Å². The molecule has 170 valence electrons. The number of ether oxygens (including phenoxy) is 2. The summed E-state index contributed by atoms with van der Waals surface area (Å²) < 4.78 is 51.8. The number of hydrogen-bond donors (Lipinski definition) is 1. The molecule has 0 radical (unpaired) electrons. The van der Waals surface area contributed by atoms with Gasteiger partial charge < -0.3 is 19.4 Å². The monoisotopic (exact) mass is 468 g/mol. The minimum Gasteiger partial charge on any atom is -0.497 e. The molecular weight excluding hydrogens is 447 g/mol. The number of nitrogens with zero attached hydrogens (tertiary/aromatic N) is 1. The zero-order valence-corrected chi connectivity index (χ0v) is 18.7. The molecule has 1 N–H and O–H groups in total. The Morgan fingerprint density at radius 3 is 2.42 bits per heavy atom. The smallest absolute Gasteiger partial charge is 0.244 e. The summed E-state index contributed by atoms with van der Waals surface area (Å²) in [6.45, 7) is -0.139. The van der Waals surface area contributed by atoms with Gasteiger partial charge in [-0.15, -0.1) is 0 Å². The van der Waals surface area contributed by atoms with Gasteiger partial charge in [-0.25, -0.2) is 12.8 Å². The van der Waals surface area contributed by atoms with E-state index in [2.05, 4.69) is 5.32 Å². The minimum absolute atomic E-state index is 0.0302. The van der Waals surface area contributed by atoms with E-state index in [1.165, 1.54) is 32.5 Å². The largest absolute Gasteiger partial charge is 0.497 e. The lowest BCUT2D eigenvalue weighted by molar-refractivity contribution is -0.116. The molecule has 0 aliphatic rings. The molecule has 4 rings (SSSR count). The minimum atomic E-state index is -3.93. The average molecular weight is 469 g/mol. The van der Waals surface area contributed by atoms with Crippen LogP contribution in [0.15, 0.2) is 82.7 Å². The lowest BCUT2D eigenvalue weighted by atomic mass is 10.2. The zero-order valence-electron chi connectivity index (χ0n) is 17.9. The van der Waals surface area contributed by atoms with E-state index in [0.717, 1.165) is 12.1 Å². The first-order chi connectivity index (χ1) is 15.8. The van der Waals surface area contributed by atoms with Crippen LogP contribution < -0.4 is 14.8 Å². The molecule has 0 aliphatic carbocycles. The Bertz CT molecular complexity index is 1430. The number of fused-ring (bicyclic) bond motifs is 1. The number of aromatic nitrogens is 1. The summed E-state index contributed by atoms with van der Waals surface area (Å²) >= 11 is 0. The van der Waals surface area contributed by atoms with Crippen LogP contribution >= 0.6 is 0 Å². The Balaban J connectivity index is 1.69. The van der Waals surface area contributed by atoms with Crippen LogP contribution in [-0.2, 0) is 21.2 Å². The van der Waals surface area contributed by atoms with Gasteiger partial charge in [0.25, 0.3) is 0 Å². The second-order valence-electron chi connectivity index (χ2n) is 7.21. The Morgan fingerprint density at radius 1 is 1.00 bits per heavy atom. The highest BCUT2D eigenvalue weighted by Gasteiger charge is 2.24. The number of anilines is 1. The Labute approximate surface area is 190 Å². The molecule has 3 aromatic carbocycles. The van der Waals surface area contributed by atoms with Gasteiger partial charge in [-0.1, -0.05) is 18.2 Å². The molecule has 33 heavy (non-hydrogen) atoms. The van der Waals surface area contributed by atoms with E-state index in [1.807, 2.05) is 0 Å². The SMILES string of the molecule is COc1ccc(OC)c(NC(=O)Cn2cc(S(=O)(=O)c3ccc(F)cc3)c3ccccc32)c1. The number of nitrogens with one attached hydrogen (secondary N) is 1. The van der Waals surface area contributed by atoms with Crippen LogP contribution in [-0.4, -0.2) is 33.1 Å². The average Bonchev–Trinajstić information content (AvgIpc) is 3.18. The fraction of sp³-hybridized carbons (Fsp3) is 0.125. The summed E-state index contributed by atoms with van der Waals surface area (Å²) in [6.07, 6.45) is 1.42. The summed E-state index contributed by atoms with van der Waals surface area (Å²) in [5.41, 5.74) is 1.00. The summed E-state index contributed by atoms with van der Waals surface area (Å²) in [5.74, 6) is 0.0975. The molecule has 4 aromatic rings. The van der Waals surface area contributed by atoms with Crippen molar-refractivity contribution in [1.29, 1.82) is 0 Å². The number of methoxy groups -OCH3 is 2. The van der Waals surface area contributed by atoms with Gasteiger partial charge in [0.05, 0.1) is 29.7 Å².